The Bertz CT molecular complexity index is 1200. The van der Waals surface area contributed by atoms with Gasteiger partial charge in [-0.15, -0.1) is 0 Å². The van der Waals surface area contributed by atoms with Crippen LogP contribution in [0.4, 0.5) is 18.9 Å². The van der Waals surface area contributed by atoms with Gasteiger partial charge in [0.1, 0.15) is 22.8 Å². The standard InChI is InChI=1S/C25H24F3NO6/c1-2-15-3-5-17(35-22-6-4-16(29(32)33)11-19(22)25(26,27)28)12-18(15)23-20(30)13-24(14-21(23)31)7-9-34-10-8-24/h3-6,11-12,30H,2,7-10,13-14H2,1H3. The van der Waals surface area contributed by atoms with E-state index in [1.54, 1.807) is 6.07 Å². The van der Waals surface area contributed by atoms with E-state index in [0.717, 1.165) is 17.7 Å². The van der Waals surface area contributed by atoms with Crippen molar-refractivity contribution in [1.82, 2.24) is 0 Å². The Balaban J connectivity index is 1.72. The smallest absolute Gasteiger partial charge is 0.420 e. The highest BCUT2D eigenvalue weighted by Gasteiger charge is 2.42. The van der Waals surface area contributed by atoms with Gasteiger partial charge >= 0.3 is 6.18 Å². The number of rotatable bonds is 5. The molecule has 0 amide bonds. The van der Waals surface area contributed by atoms with E-state index in [0.29, 0.717) is 50.5 Å². The summed E-state index contributed by atoms with van der Waals surface area (Å²) >= 11 is 0. The quantitative estimate of drug-likeness (QED) is 0.384. The molecule has 0 saturated carbocycles. The summed E-state index contributed by atoms with van der Waals surface area (Å²) in [6, 6.07) is 6.78. The van der Waals surface area contributed by atoms with Crippen LogP contribution in [0.5, 0.6) is 11.5 Å². The maximum absolute atomic E-state index is 13.6. The zero-order valence-corrected chi connectivity index (χ0v) is 19.0. The van der Waals surface area contributed by atoms with Crippen molar-refractivity contribution >= 4 is 17.0 Å². The van der Waals surface area contributed by atoms with Gasteiger partial charge in [0.15, 0.2) is 5.78 Å². The number of carbonyl (C=O) groups excluding carboxylic acids is 1. The van der Waals surface area contributed by atoms with Crippen molar-refractivity contribution in [3.63, 3.8) is 0 Å². The fraction of sp³-hybridized carbons (Fsp3) is 0.400. The molecule has 1 heterocycles. The molecule has 1 saturated heterocycles. The number of halogens is 3. The molecule has 0 radical (unpaired) electrons. The van der Waals surface area contributed by atoms with Crippen LogP contribution >= 0.6 is 0 Å². The molecule has 0 unspecified atom stereocenters. The third-order valence-electron chi connectivity index (χ3n) is 6.64. The second-order valence-electron chi connectivity index (χ2n) is 8.92. The molecule has 0 atom stereocenters. The lowest BCUT2D eigenvalue weighted by Crippen LogP contribution is -2.36. The molecule has 1 aliphatic carbocycles. The minimum Gasteiger partial charge on any atom is -0.512 e. The molecule has 4 rings (SSSR count). The van der Waals surface area contributed by atoms with Gasteiger partial charge in [-0.05, 0) is 54.0 Å². The molecular weight excluding hydrogens is 467 g/mol. The Hall–Kier alpha value is -3.40. The summed E-state index contributed by atoms with van der Waals surface area (Å²) in [5, 5.41) is 21.9. The fourth-order valence-electron chi connectivity index (χ4n) is 4.79. The van der Waals surface area contributed by atoms with Crippen LogP contribution in [0, 0.1) is 15.5 Å². The highest BCUT2D eigenvalue weighted by atomic mass is 19.4. The number of nitro benzene ring substituents is 1. The lowest BCUT2D eigenvalue weighted by Gasteiger charge is -2.39. The highest BCUT2D eigenvalue weighted by Crippen LogP contribution is 2.47. The largest absolute Gasteiger partial charge is 0.512 e. The molecule has 35 heavy (non-hydrogen) atoms. The predicted octanol–water partition coefficient (Wildman–Crippen LogP) is 6.40. The lowest BCUT2D eigenvalue weighted by molar-refractivity contribution is -0.385. The van der Waals surface area contributed by atoms with E-state index in [4.69, 9.17) is 9.47 Å². The number of benzene rings is 2. The average molecular weight is 491 g/mol. The van der Waals surface area contributed by atoms with E-state index in [2.05, 4.69) is 0 Å². The molecule has 1 aliphatic heterocycles. The summed E-state index contributed by atoms with van der Waals surface area (Å²) in [6.45, 7) is 2.91. The summed E-state index contributed by atoms with van der Waals surface area (Å²) < 4.78 is 51.6. The van der Waals surface area contributed by atoms with Crippen LogP contribution in [0.3, 0.4) is 0 Å². The van der Waals surface area contributed by atoms with Gasteiger partial charge < -0.3 is 14.6 Å². The summed E-state index contributed by atoms with van der Waals surface area (Å²) in [5.74, 6) is -0.862. The number of carbonyl (C=O) groups is 1. The van der Waals surface area contributed by atoms with E-state index < -0.39 is 28.1 Å². The van der Waals surface area contributed by atoms with Crippen LogP contribution in [-0.2, 0) is 22.1 Å². The Labute approximate surface area is 199 Å². The number of Topliss-reactive ketones (excluding diaryl/α,β-unsaturated/α-hetero) is 1. The van der Waals surface area contributed by atoms with Gasteiger partial charge in [0.25, 0.3) is 5.69 Å². The number of aliphatic hydroxyl groups is 1. The summed E-state index contributed by atoms with van der Waals surface area (Å²) in [6.07, 6.45) is -2.45. The number of ketones is 1. The van der Waals surface area contributed by atoms with Gasteiger partial charge in [0, 0.05) is 38.2 Å². The monoisotopic (exact) mass is 491 g/mol. The molecule has 10 heteroatoms. The third-order valence-corrected chi connectivity index (χ3v) is 6.64. The molecule has 0 aromatic heterocycles. The van der Waals surface area contributed by atoms with Crippen LogP contribution in [-0.4, -0.2) is 29.0 Å². The molecule has 2 aromatic rings. The zero-order chi connectivity index (χ0) is 25.4. The van der Waals surface area contributed by atoms with E-state index in [1.807, 2.05) is 6.92 Å². The summed E-state index contributed by atoms with van der Waals surface area (Å²) in [4.78, 5) is 23.2. The Kier molecular flexibility index (Phi) is 6.59. The van der Waals surface area contributed by atoms with Crippen molar-refractivity contribution in [1.29, 1.82) is 0 Å². The van der Waals surface area contributed by atoms with E-state index in [-0.39, 0.29) is 34.7 Å². The SMILES string of the molecule is CCc1ccc(Oc2ccc([N+](=O)[O-])cc2C(F)(F)F)cc1C1=C(O)CC2(CCOCC2)CC1=O. The highest BCUT2D eigenvalue weighted by molar-refractivity contribution is 6.22. The number of alkyl halides is 3. The molecule has 7 nitrogen and oxygen atoms in total. The summed E-state index contributed by atoms with van der Waals surface area (Å²) in [5.41, 5.74) is -1.05. The number of allylic oxidation sites excluding steroid dienone is 2. The van der Waals surface area contributed by atoms with Crippen molar-refractivity contribution in [2.24, 2.45) is 5.41 Å². The fourth-order valence-corrected chi connectivity index (χ4v) is 4.79. The maximum Gasteiger partial charge on any atom is 0.420 e. The second-order valence-corrected chi connectivity index (χ2v) is 8.92. The van der Waals surface area contributed by atoms with Gasteiger partial charge in [0.2, 0.25) is 0 Å². The zero-order valence-electron chi connectivity index (χ0n) is 19.0. The Morgan fingerprint density at radius 2 is 1.86 bits per heavy atom. The summed E-state index contributed by atoms with van der Waals surface area (Å²) in [7, 11) is 0. The molecule has 1 spiro atoms. The Morgan fingerprint density at radius 3 is 2.46 bits per heavy atom. The predicted molar refractivity (Wildman–Crippen MR) is 120 cm³/mol. The van der Waals surface area contributed by atoms with Crippen molar-refractivity contribution in [2.75, 3.05) is 13.2 Å². The number of hydrogen-bond acceptors (Lipinski definition) is 6. The molecule has 1 N–H and O–H groups in total. The number of non-ortho nitro benzene ring substituents is 1. The number of ether oxygens (including phenoxy) is 2. The first-order valence-electron chi connectivity index (χ1n) is 11.2. The van der Waals surface area contributed by atoms with Crippen LogP contribution in [0.2, 0.25) is 0 Å². The number of aryl methyl sites for hydroxylation is 1. The minimum atomic E-state index is -4.88. The van der Waals surface area contributed by atoms with Crippen molar-refractivity contribution < 1.29 is 37.5 Å². The van der Waals surface area contributed by atoms with Crippen molar-refractivity contribution in [2.45, 2.75) is 45.2 Å². The number of nitro groups is 1. The van der Waals surface area contributed by atoms with Crippen LogP contribution in [0.15, 0.2) is 42.2 Å². The van der Waals surface area contributed by atoms with Crippen molar-refractivity contribution in [3.05, 3.63) is 69.0 Å². The maximum atomic E-state index is 13.6. The molecule has 2 aliphatic rings. The number of aliphatic hydroxyl groups excluding tert-OH is 1. The van der Waals surface area contributed by atoms with Crippen LogP contribution in [0.1, 0.15) is 49.3 Å². The number of hydrogen-bond donors (Lipinski definition) is 1. The first-order valence-corrected chi connectivity index (χ1v) is 11.2. The molecule has 1 fully saturated rings. The molecular formula is C25H24F3NO6. The topological polar surface area (TPSA) is 98.9 Å². The second kappa shape index (κ2) is 9.33. The number of nitrogens with zero attached hydrogens (tertiary/aromatic N) is 1. The van der Waals surface area contributed by atoms with Gasteiger partial charge in [-0.3, -0.25) is 14.9 Å². The first-order chi connectivity index (χ1) is 16.5. The van der Waals surface area contributed by atoms with Gasteiger partial charge in [0.05, 0.1) is 10.5 Å². The van der Waals surface area contributed by atoms with Crippen LogP contribution in [0.25, 0.3) is 5.57 Å². The normalized spacial score (nSPS) is 18.1. The first kappa shape index (κ1) is 24.7. The van der Waals surface area contributed by atoms with Gasteiger partial charge in [-0.1, -0.05) is 13.0 Å². The van der Waals surface area contributed by atoms with E-state index >= 15 is 0 Å². The lowest BCUT2D eigenvalue weighted by atomic mass is 9.67. The van der Waals surface area contributed by atoms with Gasteiger partial charge in [-0.25, -0.2) is 0 Å². The average Bonchev–Trinajstić information content (AvgIpc) is 2.78. The van der Waals surface area contributed by atoms with E-state index in [9.17, 15) is 33.2 Å². The minimum absolute atomic E-state index is 0.0102. The van der Waals surface area contributed by atoms with Crippen molar-refractivity contribution in [3.8, 4) is 11.5 Å². The van der Waals surface area contributed by atoms with Gasteiger partial charge in [-0.2, -0.15) is 13.2 Å². The third kappa shape index (κ3) is 5.02. The van der Waals surface area contributed by atoms with Crippen LogP contribution < -0.4 is 4.74 Å². The molecule has 2 aromatic carbocycles. The molecule has 0 bridgehead atoms. The van der Waals surface area contributed by atoms with E-state index in [1.165, 1.54) is 12.1 Å². The Morgan fingerprint density at radius 1 is 1.14 bits per heavy atom. The molecule has 186 valence electrons.